The fourth-order valence-electron chi connectivity index (χ4n) is 6.40. The topological polar surface area (TPSA) is 74.5 Å². The Balaban J connectivity index is 1.57. The minimum Gasteiger partial charge on any atom is -0.368 e. The number of nitrogens with one attached hydrogen (secondary N) is 1. The summed E-state index contributed by atoms with van der Waals surface area (Å²) in [4.78, 5) is 13.6. The molecule has 1 aromatic carbocycles. The van der Waals surface area contributed by atoms with E-state index in [1.807, 2.05) is 6.92 Å². The molecule has 3 N–H and O–H groups in total. The number of halogens is 1. The normalized spacial score (nSPS) is 23.4. The van der Waals surface area contributed by atoms with Gasteiger partial charge in [-0.2, -0.15) is 0 Å². The maximum Gasteiger partial charge on any atom is 0.254 e. The third-order valence-electron chi connectivity index (χ3n) is 9.56. The number of hydrogen-bond acceptors (Lipinski definition) is 3. The number of aromatic nitrogens is 1. The van der Waals surface area contributed by atoms with Gasteiger partial charge >= 0.3 is 0 Å². The Hall–Kier alpha value is -1.82. The molecular weight excluding hydrogens is 496 g/mol. The van der Waals surface area contributed by atoms with Gasteiger partial charge in [0.25, 0.3) is 5.91 Å². The van der Waals surface area contributed by atoms with Crippen LogP contribution >= 0.6 is 11.6 Å². The van der Waals surface area contributed by atoms with Gasteiger partial charge in [0, 0.05) is 29.8 Å². The van der Waals surface area contributed by atoms with E-state index in [4.69, 9.17) is 11.6 Å². The highest BCUT2D eigenvalue weighted by atomic mass is 35.5. The molecule has 0 unspecified atom stereocenters. The number of aliphatic hydroxyl groups excluding tert-OH is 1. The van der Waals surface area contributed by atoms with E-state index in [1.165, 1.54) is 56.1 Å². The second kappa shape index (κ2) is 10.3. The van der Waals surface area contributed by atoms with Gasteiger partial charge in [0.15, 0.2) is 6.29 Å². The lowest BCUT2D eigenvalue weighted by Gasteiger charge is -2.36. The highest BCUT2D eigenvalue weighted by Gasteiger charge is 2.40. The predicted molar refractivity (Wildman–Crippen MR) is 154 cm³/mol. The third kappa shape index (κ3) is 5.44. The van der Waals surface area contributed by atoms with Crippen LogP contribution in [0.15, 0.2) is 18.2 Å². The summed E-state index contributed by atoms with van der Waals surface area (Å²) in [6.07, 6.45) is 8.51. The molecule has 3 saturated carbocycles. The van der Waals surface area contributed by atoms with Gasteiger partial charge in [0.1, 0.15) is 0 Å². The van der Waals surface area contributed by atoms with Gasteiger partial charge in [0.2, 0.25) is 0 Å². The standard InChI is InChI=1S/C32H45ClN2O3/c1-19-26(29(36)34-25-15-22(16-25)30(37)38)27(33)28(35(19)18-20-9-7-6-8-10-20)21-13-23(31(2,3)4)17-24(14-21)32(5)11-12-32/h13-14,17,20,22,25,30,37-38H,6-12,15-16,18H2,1-5H3,(H,34,36)/t22-,25-. The van der Waals surface area contributed by atoms with Crippen LogP contribution in [0.3, 0.4) is 0 Å². The van der Waals surface area contributed by atoms with E-state index >= 15 is 0 Å². The number of benzene rings is 1. The van der Waals surface area contributed by atoms with Gasteiger partial charge in [-0.1, -0.05) is 64.6 Å². The van der Waals surface area contributed by atoms with E-state index in [1.54, 1.807) is 0 Å². The molecular formula is C32H45ClN2O3. The van der Waals surface area contributed by atoms with Gasteiger partial charge < -0.3 is 20.1 Å². The van der Waals surface area contributed by atoms with Gasteiger partial charge in [-0.25, -0.2) is 0 Å². The van der Waals surface area contributed by atoms with Crippen LogP contribution in [0.2, 0.25) is 5.02 Å². The second-order valence-electron chi connectivity index (χ2n) is 13.7. The van der Waals surface area contributed by atoms with Crippen LogP contribution in [-0.4, -0.2) is 33.0 Å². The van der Waals surface area contributed by atoms with Crippen molar-refractivity contribution in [3.63, 3.8) is 0 Å². The number of carbonyl (C=O) groups excluding carboxylic acids is 1. The molecule has 0 radical (unpaired) electrons. The summed E-state index contributed by atoms with van der Waals surface area (Å²) in [5.41, 5.74) is 6.44. The van der Waals surface area contributed by atoms with Crippen molar-refractivity contribution in [3.05, 3.63) is 45.6 Å². The molecule has 5 rings (SSSR count). The van der Waals surface area contributed by atoms with Crippen molar-refractivity contribution >= 4 is 17.5 Å². The molecule has 3 fully saturated rings. The minimum atomic E-state index is -1.32. The molecule has 0 atom stereocenters. The molecule has 3 aliphatic rings. The second-order valence-corrected chi connectivity index (χ2v) is 14.0. The Labute approximate surface area is 233 Å². The molecule has 1 amide bonds. The summed E-state index contributed by atoms with van der Waals surface area (Å²) in [6, 6.07) is 6.93. The number of hydrogen-bond donors (Lipinski definition) is 3. The summed E-state index contributed by atoms with van der Waals surface area (Å²) in [7, 11) is 0. The Morgan fingerprint density at radius 1 is 1.13 bits per heavy atom. The van der Waals surface area contributed by atoms with E-state index in [0.717, 1.165) is 23.5 Å². The zero-order chi connectivity index (χ0) is 27.4. The molecule has 5 nitrogen and oxygen atoms in total. The first-order chi connectivity index (χ1) is 17.9. The van der Waals surface area contributed by atoms with E-state index in [0.29, 0.717) is 29.3 Å². The Morgan fingerprint density at radius 3 is 2.37 bits per heavy atom. The van der Waals surface area contributed by atoms with E-state index < -0.39 is 6.29 Å². The fraction of sp³-hybridized carbons (Fsp3) is 0.656. The van der Waals surface area contributed by atoms with Crippen molar-refractivity contribution in [2.24, 2.45) is 11.8 Å². The Kier molecular flexibility index (Phi) is 7.52. The molecule has 6 heteroatoms. The Bertz CT molecular complexity index is 1170. The van der Waals surface area contributed by atoms with Crippen LogP contribution < -0.4 is 5.32 Å². The number of amides is 1. The fourth-order valence-corrected chi connectivity index (χ4v) is 6.84. The number of nitrogens with zero attached hydrogens (tertiary/aromatic N) is 1. The molecule has 0 spiro atoms. The molecule has 0 aliphatic heterocycles. The van der Waals surface area contributed by atoms with Crippen molar-refractivity contribution in [2.75, 3.05) is 0 Å². The molecule has 1 heterocycles. The zero-order valence-electron chi connectivity index (χ0n) is 23.7. The first kappa shape index (κ1) is 27.7. The highest BCUT2D eigenvalue weighted by Crippen LogP contribution is 2.50. The van der Waals surface area contributed by atoms with Gasteiger partial charge in [-0.05, 0) is 85.5 Å². The van der Waals surface area contributed by atoms with Crippen molar-refractivity contribution in [1.29, 1.82) is 0 Å². The largest absolute Gasteiger partial charge is 0.368 e. The first-order valence-corrected chi connectivity index (χ1v) is 15.0. The third-order valence-corrected chi connectivity index (χ3v) is 9.93. The Morgan fingerprint density at radius 2 is 1.79 bits per heavy atom. The lowest BCUT2D eigenvalue weighted by molar-refractivity contribution is -0.112. The maximum absolute atomic E-state index is 13.6. The van der Waals surface area contributed by atoms with Crippen LogP contribution in [0, 0.1) is 18.8 Å². The van der Waals surface area contributed by atoms with Crippen LogP contribution in [-0.2, 0) is 17.4 Å². The molecule has 38 heavy (non-hydrogen) atoms. The van der Waals surface area contributed by atoms with Gasteiger partial charge in [0.05, 0.1) is 16.3 Å². The van der Waals surface area contributed by atoms with Crippen LogP contribution in [0.4, 0.5) is 0 Å². The summed E-state index contributed by atoms with van der Waals surface area (Å²) < 4.78 is 2.33. The smallest absolute Gasteiger partial charge is 0.254 e. The van der Waals surface area contributed by atoms with E-state index in [-0.39, 0.29) is 28.7 Å². The molecule has 0 saturated heterocycles. The SMILES string of the molecule is Cc1c(C(=O)N[C@H]2C[C@H](C(O)O)C2)c(Cl)c(-c2cc(C(C)(C)C)cc(C3(C)CC3)c2)n1CC1CCCCC1. The average molecular weight is 541 g/mol. The van der Waals surface area contributed by atoms with Gasteiger partial charge in [-0.15, -0.1) is 0 Å². The summed E-state index contributed by atoms with van der Waals surface area (Å²) in [5, 5.41) is 22.5. The summed E-state index contributed by atoms with van der Waals surface area (Å²) in [5.74, 6) is 0.254. The molecule has 208 valence electrons. The summed E-state index contributed by atoms with van der Waals surface area (Å²) in [6.45, 7) is 12.0. The van der Waals surface area contributed by atoms with Crippen molar-refractivity contribution < 1.29 is 15.0 Å². The zero-order valence-corrected chi connectivity index (χ0v) is 24.5. The number of rotatable bonds is 7. The molecule has 0 bridgehead atoms. The molecule has 1 aromatic heterocycles. The first-order valence-electron chi connectivity index (χ1n) is 14.6. The van der Waals surface area contributed by atoms with Crippen LogP contribution in [0.25, 0.3) is 11.3 Å². The lowest BCUT2D eigenvalue weighted by Crippen LogP contribution is -2.47. The number of aliphatic hydroxyl groups is 2. The van der Waals surface area contributed by atoms with Crippen LogP contribution in [0.1, 0.15) is 113 Å². The number of carbonyl (C=O) groups is 1. The minimum absolute atomic E-state index is 0.00341. The molecule has 2 aromatic rings. The van der Waals surface area contributed by atoms with Crippen LogP contribution in [0.5, 0.6) is 0 Å². The van der Waals surface area contributed by atoms with Crippen molar-refractivity contribution in [3.8, 4) is 11.3 Å². The quantitative estimate of drug-likeness (QED) is 0.336. The summed E-state index contributed by atoms with van der Waals surface area (Å²) >= 11 is 7.19. The maximum atomic E-state index is 13.6. The monoisotopic (exact) mass is 540 g/mol. The van der Waals surface area contributed by atoms with E-state index in [2.05, 4.69) is 55.8 Å². The van der Waals surface area contributed by atoms with E-state index in [9.17, 15) is 15.0 Å². The highest BCUT2D eigenvalue weighted by molar-refractivity contribution is 6.36. The van der Waals surface area contributed by atoms with Gasteiger partial charge in [-0.3, -0.25) is 4.79 Å². The van der Waals surface area contributed by atoms with Crippen molar-refractivity contribution in [1.82, 2.24) is 9.88 Å². The average Bonchev–Trinajstić information content (AvgIpc) is 3.53. The molecule has 3 aliphatic carbocycles. The lowest BCUT2D eigenvalue weighted by atomic mass is 9.79. The van der Waals surface area contributed by atoms with Crippen molar-refractivity contribution in [2.45, 2.75) is 122 Å². The predicted octanol–water partition coefficient (Wildman–Crippen LogP) is 6.87.